The van der Waals surface area contributed by atoms with Crippen molar-refractivity contribution in [3.63, 3.8) is 0 Å². The first-order valence-electron chi connectivity index (χ1n) is 11.8. The molecule has 2 aromatic heterocycles. The van der Waals surface area contributed by atoms with Crippen molar-refractivity contribution in [3.05, 3.63) is 59.6 Å². The summed E-state index contributed by atoms with van der Waals surface area (Å²) in [5.41, 5.74) is 3.20. The Balaban J connectivity index is 1.23. The number of anilines is 1. The number of amides is 2. The molecule has 1 aromatic carbocycles. The Hall–Kier alpha value is -3.55. The molecule has 4 rings (SSSR count). The zero-order chi connectivity index (χ0) is 24.1. The average molecular weight is 462 g/mol. The number of nitrogens with zero attached hydrogens (tertiary/aromatic N) is 4. The highest BCUT2D eigenvalue weighted by Gasteiger charge is 2.27. The lowest BCUT2D eigenvalue weighted by atomic mass is 9.95. The zero-order valence-electron chi connectivity index (χ0n) is 20.0. The standard InChI is InChI=1S/C26H31N5O3/c1-17(2)19-4-6-20(7-5-19)25-29-23(34-30-25)8-9-24(32)31-14-11-21(12-15-31)26(33)28-22-16-18(3)10-13-27-22/h4-7,10,13,16-17,21H,8-9,11-12,14-15H2,1-3H3,(H,27,28,33). The maximum Gasteiger partial charge on any atom is 0.228 e. The molecular formula is C26H31N5O3. The third kappa shape index (κ3) is 5.87. The van der Waals surface area contributed by atoms with Crippen LogP contribution in [-0.4, -0.2) is 44.9 Å². The molecule has 1 aliphatic rings. The molecular weight excluding hydrogens is 430 g/mol. The van der Waals surface area contributed by atoms with Crippen LogP contribution in [0.4, 0.5) is 5.82 Å². The summed E-state index contributed by atoms with van der Waals surface area (Å²) in [6.45, 7) is 7.39. The minimum absolute atomic E-state index is 0.0370. The van der Waals surface area contributed by atoms with Gasteiger partial charge in [0.15, 0.2) is 0 Å². The lowest BCUT2D eigenvalue weighted by Gasteiger charge is -2.31. The van der Waals surface area contributed by atoms with Gasteiger partial charge in [-0.3, -0.25) is 9.59 Å². The first-order valence-corrected chi connectivity index (χ1v) is 11.8. The highest BCUT2D eigenvalue weighted by Crippen LogP contribution is 2.22. The van der Waals surface area contributed by atoms with E-state index in [1.54, 1.807) is 6.20 Å². The quantitative estimate of drug-likeness (QED) is 0.561. The van der Waals surface area contributed by atoms with Gasteiger partial charge in [-0.1, -0.05) is 43.3 Å². The summed E-state index contributed by atoms with van der Waals surface area (Å²) in [5, 5.41) is 6.95. The number of hydrogen-bond donors (Lipinski definition) is 1. The molecule has 0 radical (unpaired) electrons. The van der Waals surface area contributed by atoms with Crippen LogP contribution >= 0.6 is 0 Å². The Kier molecular flexibility index (Phi) is 7.35. The monoisotopic (exact) mass is 461 g/mol. The van der Waals surface area contributed by atoms with E-state index >= 15 is 0 Å². The minimum atomic E-state index is -0.119. The molecule has 1 saturated heterocycles. The number of aryl methyl sites for hydroxylation is 2. The molecule has 0 atom stereocenters. The Morgan fingerprint density at radius 2 is 1.88 bits per heavy atom. The topological polar surface area (TPSA) is 101 Å². The van der Waals surface area contributed by atoms with Gasteiger partial charge in [0.05, 0.1) is 0 Å². The number of carbonyl (C=O) groups is 2. The van der Waals surface area contributed by atoms with E-state index in [2.05, 4.69) is 46.4 Å². The van der Waals surface area contributed by atoms with Crippen LogP contribution in [0.25, 0.3) is 11.4 Å². The van der Waals surface area contributed by atoms with E-state index in [0.29, 0.717) is 62.2 Å². The van der Waals surface area contributed by atoms with Gasteiger partial charge < -0.3 is 14.7 Å². The fraction of sp³-hybridized carbons (Fsp3) is 0.423. The van der Waals surface area contributed by atoms with Crippen molar-refractivity contribution in [2.45, 2.75) is 52.4 Å². The number of nitrogens with one attached hydrogen (secondary N) is 1. The molecule has 8 nitrogen and oxygen atoms in total. The molecule has 0 aliphatic carbocycles. The van der Waals surface area contributed by atoms with E-state index in [9.17, 15) is 9.59 Å². The van der Waals surface area contributed by atoms with Gasteiger partial charge in [-0.15, -0.1) is 0 Å². The van der Waals surface area contributed by atoms with E-state index in [1.807, 2.05) is 36.1 Å². The molecule has 2 amide bonds. The molecule has 1 fully saturated rings. The summed E-state index contributed by atoms with van der Waals surface area (Å²) < 4.78 is 5.36. The van der Waals surface area contributed by atoms with Crippen LogP contribution < -0.4 is 5.32 Å². The molecule has 3 heterocycles. The van der Waals surface area contributed by atoms with Gasteiger partial charge in [0.25, 0.3) is 0 Å². The maximum atomic E-state index is 12.7. The van der Waals surface area contributed by atoms with Crippen molar-refractivity contribution >= 4 is 17.6 Å². The normalized spacial score (nSPS) is 14.4. The fourth-order valence-corrected chi connectivity index (χ4v) is 4.09. The summed E-state index contributed by atoms with van der Waals surface area (Å²) in [7, 11) is 0. The molecule has 1 N–H and O–H groups in total. The second-order valence-electron chi connectivity index (χ2n) is 9.15. The van der Waals surface area contributed by atoms with Crippen molar-refractivity contribution in [2.24, 2.45) is 5.92 Å². The van der Waals surface area contributed by atoms with Gasteiger partial charge in [0, 0.05) is 43.6 Å². The molecule has 8 heteroatoms. The number of pyridine rings is 1. The van der Waals surface area contributed by atoms with Gasteiger partial charge in [0.2, 0.25) is 23.5 Å². The van der Waals surface area contributed by atoms with Crippen LogP contribution in [0.2, 0.25) is 0 Å². The van der Waals surface area contributed by atoms with E-state index in [0.717, 1.165) is 11.1 Å². The summed E-state index contributed by atoms with van der Waals surface area (Å²) in [4.78, 5) is 35.7. The van der Waals surface area contributed by atoms with Crippen molar-refractivity contribution in [1.29, 1.82) is 0 Å². The van der Waals surface area contributed by atoms with Gasteiger partial charge in [-0.25, -0.2) is 4.98 Å². The predicted octanol–water partition coefficient (Wildman–Crippen LogP) is 4.37. The second kappa shape index (κ2) is 10.6. The molecule has 178 valence electrons. The molecule has 34 heavy (non-hydrogen) atoms. The van der Waals surface area contributed by atoms with Crippen LogP contribution in [0.3, 0.4) is 0 Å². The summed E-state index contributed by atoms with van der Waals surface area (Å²) in [5.74, 6) is 1.91. The van der Waals surface area contributed by atoms with E-state index in [-0.39, 0.29) is 17.7 Å². The highest BCUT2D eigenvalue weighted by atomic mass is 16.5. The van der Waals surface area contributed by atoms with Gasteiger partial charge in [-0.05, 0) is 48.9 Å². The smallest absolute Gasteiger partial charge is 0.228 e. The van der Waals surface area contributed by atoms with Crippen LogP contribution in [0, 0.1) is 12.8 Å². The zero-order valence-corrected chi connectivity index (χ0v) is 20.0. The lowest BCUT2D eigenvalue weighted by molar-refractivity contribution is -0.134. The minimum Gasteiger partial charge on any atom is -0.343 e. The highest BCUT2D eigenvalue weighted by molar-refractivity contribution is 5.92. The van der Waals surface area contributed by atoms with E-state index in [1.165, 1.54) is 5.56 Å². The van der Waals surface area contributed by atoms with Gasteiger partial charge in [0.1, 0.15) is 5.82 Å². The average Bonchev–Trinajstić information content (AvgIpc) is 3.32. The molecule has 0 spiro atoms. The third-order valence-corrected chi connectivity index (χ3v) is 6.24. The molecule has 3 aromatic rings. The maximum absolute atomic E-state index is 12.7. The fourth-order valence-electron chi connectivity index (χ4n) is 4.09. The SMILES string of the molecule is Cc1ccnc(NC(=O)C2CCN(C(=O)CCc3nc(-c4ccc(C(C)C)cc4)no3)CC2)c1. The Labute approximate surface area is 199 Å². The Morgan fingerprint density at radius 3 is 2.56 bits per heavy atom. The molecule has 0 unspecified atom stereocenters. The van der Waals surface area contributed by atoms with Crippen LogP contribution in [-0.2, 0) is 16.0 Å². The Morgan fingerprint density at radius 1 is 1.15 bits per heavy atom. The van der Waals surface area contributed by atoms with Crippen molar-refractivity contribution in [2.75, 3.05) is 18.4 Å². The third-order valence-electron chi connectivity index (χ3n) is 6.24. The summed E-state index contributed by atoms with van der Waals surface area (Å²) >= 11 is 0. The molecule has 0 saturated carbocycles. The van der Waals surface area contributed by atoms with Crippen molar-refractivity contribution in [1.82, 2.24) is 20.0 Å². The van der Waals surface area contributed by atoms with Crippen LogP contribution in [0.1, 0.15) is 56.0 Å². The predicted molar refractivity (Wildman–Crippen MR) is 129 cm³/mol. The summed E-state index contributed by atoms with van der Waals surface area (Å²) in [6, 6.07) is 11.9. The van der Waals surface area contributed by atoms with Crippen molar-refractivity contribution in [3.8, 4) is 11.4 Å². The van der Waals surface area contributed by atoms with Gasteiger partial charge >= 0.3 is 0 Å². The van der Waals surface area contributed by atoms with Gasteiger partial charge in [-0.2, -0.15) is 4.98 Å². The molecule has 0 bridgehead atoms. The number of carbonyl (C=O) groups excluding carboxylic acids is 2. The first-order chi connectivity index (χ1) is 16.4. The number of piperidine rings is 1. The molecule has 1 aliphatic heterocycles. The van der Waals surface area contributed by atoms with Crippen LogP contribution in [0.5, 0.6) is 0 Å². The summed E-state index contributed by atoms with van der Waals surface area (Å²) in [6.07, 6.45) is 3.66. The first kappa shape index (κ1) is 23.6. The number of likely N-dealkylation sites (tertiary alicyclic amines) is 1. The Bertz CT molecular complexity index is 1130. The lowest BCUT2D eigenvalue weighted by Crippen LogP contribution is -2.41. The number of benzene rings is 1. The van der Waals surface area contributed by atoms with E-state index < -0.39 is 0 Å². The number of aromatic nitrogens is 3. The number of hydrogen-bond acceptors (Lipinski definition) is 6. The number of rotatable bonds is 7. The largest absolute Gasteiger partial charge is 0.343 e. The second-order valence-corrected chi connectivity index (χ2v) is 9.15. The van der Waals surface area contributed by atoms with Crippen molar-refractivity contribution < 1.29 is 14.1 Å². The van der Waals surface area contributed by atoms with Crippen LogP contribution in [0.15, 0.2) is 47.1 Å². The van der Waals surface area contributed by atoms with E-state index in [4.69, 9.17) is 4.52 Å².